The van der Waals surface area contributed by atoms with E-state index in [0.29, 0.717) is 6.04 Å². The fourth-order valence-corrected chi connectivity index (χ4v) is 3.84. The molecule has 1 fully saturated rings. The Balaban J connectivity index is 0.00000240. The van der Waals surface area contributed by atoms with Gasteiger partial charge >= 0.3 is 0 Å². The molecule has 0 aromatic heterocycles. The Morgan fingerprint density at radius 2 is 1.14 bits per heavy atom. The molecule has 1 heterocycles. The van der Waals surface area contributed by atoms with Crippen molar-refractivity contribution in [1.82, 2.24) is 9.80 Å². The van der Waals surface area contributed by atoms with Gasteiger partial charge in [-0.2, -0.15) is 0 Å². The molecule has 148 valence electrons. The molecule has 3 heteroatoms. The zero-order chi connectivity index (χ0) is 19.0. The van der Waals surface area contributed by atoms with Gasteiger partial charge in [-0.1, -0.05) is 90.7 Å². The summed E-state index contributed by atoms with van der Waals surface area (Å²) in [7, 11) is 0. The molecule has 4 rings (SSSR count). The Labute approximate surface area is 180 Å². The molecule has 1 saturated heterocycles. The van der Waals surface area contributed by atoms with Crippen LogP contribution in [0.3, 0.4) is 0 Å². The van der Waals surface area contributed by atoms with E-state index in [-0.39, 0.29) is 12.4 Å². The zero-order valence-electron chi connectivity index (χ0n) is 16.6. The summed E-state index contributed by atoms with van der Waals surface area (Å²) >= 11 is 0. The topological polar surface area (TPSA) is 6.48 Å². The lowest BCUT2D eigenvalue weighted by molar-refractivity contribution is 0.119. The average molecular weight is 403 g/mol. The smallest absolute Gasteiger partial charge is 0.0606 e. The molecule has 0 radical (unpaired) electrons. The number of nitrogens with zero attached hydrogens (tertiary/aromatic N) is 2. The minimum Gasteiger partial charge on any atom is -0.290 e. The summed E-state index contributed by atoms with van der Waals surface area (Å²) in [4.78, 5) is 5.06. The van der Waals surface area contributed by atoms with E-state index in [9.17, 15) is 0 Å². The van der Waals surface area contributed by atoms with Gasteiger partial charge < -0.3 is 0 Å². The van der Waals surface area contributed by atoms with Crippen LogP contribution in [0.1, 0.15) is 22.7 Å². The molecule has 2 nitrogen and oxygen atoms in total. The van der Waals surface area contributed by atoms with Crippen molar-refractivity contribution < 1.29 is 0 Å². The number of piperazine rings is 1. The molecular formula is C26H27ClN2. The first-order chi connectivity index (χ1) is 13.9. The van der Waals surface area contributed by atoms with Gasteiger partial charge in [0.15, 0.2) is 0 Å². The molecule has 0 unspecified atom stereocenters. The lowest BCUT2D eigenvalue weighted by Crippen LogP contribution is -2.47. The molecule has 0 bridgehead atoms. The van der Waals surface area contributed by atoms with Crippen molar-refractivity contribution in [3.63, 3.8) is 0 Å². The lowest BCUT2D eigenvalue weighted by Gasteiger charge is -2.39. The second kappa shape index (κ2) is 10.8. The van der Waals surface area contributed by atoms with Crippen LogP contribution in [0.25, 0.3) is 0 Å². The summed E-state index contributed by atoms with van der Waals surface area (Å²) < 4.78 is 0. The molecule has 1 aliphatic heterocycles. The van der Waals surface area contributed by atoms with E-state index < -0.39 is 0 Å². The van der Waals surface area contributed by atoms with Crippen LogP contribution >= 0.6 is 12.4 Å². The van der Waals surface area contributed by atoms with Crippen molar-refractivity contribution in [3.8, 4) is 11.8 Å². The summed E-state index contributed by atoms with van der Waals surface area (Å²) in [6.45, 7) is 5.06. The minimum atomic E-state index is 0. The molecule has 1 aliphatic rings. The van der Waals surface area contributed by atoms with Gasteiger partial charge in [-0.15, -0.1) is 12.4 Å². The first kappa shape index (κ1) is 21.1. The summed E-state index contributed by atoms with van der Waals surface area (Å²) in [5, 5.41) is 0. The van der Waals surface area contributed by atoms with Crippen molar-refractivity contribution in [2.45, 2.75) is 6.04 Å². The number of rotatable bonds is 4. The Hall–Kier alpha value is -2.57. The maximum Gasteiger partial charge on any atom is 0.0606 e. The first-order valence-electron chi connectivity index (χ1n) is 10.0. The van der Waals surface area contributed by atoms with E-state index in [1.54, 1.807) is 0 Å². The van der Waals surface area contributed by atoms with Crippen LogP contribution in [0.5, 0.6) is 0 Å². The van der Waals surface area contributed by atoms with Gasteiger partial charge in [-0.25, -0.2) is 0 Å². The van der Waals surface area contributed by atoms with Gasteiger partial charge in [0.1, 0.15) is 0 Å². The number of benzene rings is 3. The lowest BCUT2D eigenvalue weighted by atomic mass is 9.96. The third-order valence-electron chi connectivity index (χ3n) is 5.31. The Morgan fingerprint density at radius 3 is 1.66 bits per heavy atom. The average Bonchev–Trinajstić information content (AvgIpc) is 2.77. The predicted octanol–water partition coefficient (Wildman–Crippen LogP) is 4.87. The van der Waals surface area contributed by atoms with Crippen LogP contribution in [0.4, 0.5) is 0 Å². The van der Waals surface area contributed by atoms with E-state index in [1.807, 2.05) is 18.2 Å². The Bertz CT molecular complexity index is 869. The van der Waals surface area contributed by atoms with E-state index in [1.165, 1.54) is 11.1 Å². The van der Waals surface area contributed by atoms with Gasteiger partial charge in [0.05, 0.1) is 12.6 Å². The summed E-state index contributed by atoms with van der Waals surface area (Å²) in [6, 6.07) is 32.3. The normalized spacial score (nSPS) is 14.7. The highest BCUT2D eigenvalue weighted by Gasteiger charge is 2.25. The van der Waals surface area contributed by atoms with E-state index in [4.69, 9.17) is 0 Å². The molecule has 0 saturated carbocycles. The highest BCUT2D eigenvalue weighted by molar-refractivity contribution is 5.85. The monoisotopic (exact) mass is 402 g/mol. The van der Waals surface area contributed by atoms with Gasteiger partial charge in [0.25, 0.3) is 0 Å². The van der Waals surface area contributed by atoms with Crippen molar-refractivity contribution in [2.24, 2.45) is 0 Å². The molecule has 0 N–H and O–H groups in total. The van der Waals surface area contributed by atoms with E-state index in [2.05, 4.69) is 94.4 Å². The van der Waals surface area contributed by atoms with Gasteiger partial charge in [-0.3, -0.25) is 9.80 Å². The predicted molar refractivity (Wildman–Crippen MR) is 123 cm³/mol. The summed E-state index contributed by atoms with van der Waals surface area (Å²) in [5.74, 6) is 6.61. The van der Waals surface area contributed by atoms with Crippen molar-refractivity contribution in [2.75, 3.05) is 32.7 Å². The highest BCUT2D eigenvalue weighted by atomic mass is 35.5. The van der Waals surface area contributed by atoms with Gasteiger partial charge in [-0.05, 0) is 23.3 Å². The van der Waals surface area contributed by atoms with Gasteiger partial charge in [0, 0.05) is 31.7 Å². The molecule has 0 amide bonds. The third-order valence-corrected chi connectivity index (χ3v) is 5.31. The summed E-state index contributed by atoms with van der Waals surface area (Å²) in [6.07, 6.45) is 0. The van der Waals surface area contributed by atoms with Gasteiger partial charge in [0.2, 0.25) is 0 Å². The quantitative estimate of drug-likeness (QED) is 0.574. The molecular weight excluding hydrogens is 376 g/mol. The van der Waals surface area contributed by atoms with Crippen LogP contribution in [-0.4, -0.2) is 42.5 Å². The maximum atomic E-state index is 3.34. The SMILES string of the molecule is C(#Cc1ccccc1)CN1CCN(C(c2ccccc2)c2ccccc2)CC1.Cl. The molecule has 0 atom stereocenters. The van der Waals surface area contributed by atoms with Crippen LogP contribution in [0.15, 0.2) is 91.0 Å². The Morgan fingerprint density at radius 1 is 0.655 bits per heavy atom. The number of hydrogen-bond acceptors (Lipinski definition) is 2. The largest absolute Gasteiger partial charge is 0.290 e. The van der Waals surface area contributed by atoms with Crippen molar-refractivity contribution in [1.29, 1.82) is 0 Å². The van der Waals surface area contributed by atoms with Crippen LogP contribution < -0.4 is 0 Å². The molecule has 0 spiro atoms. The van der Waals surface area contributed by atoms with Crippen molar-refractivity contribution in [3.05, 3.63) is 108 Å². The minimum absolute atomic E-state index is 0. The number of hydrogen-bond donors (Lipinski definition) is 0. The zero-order valence-corrected chi connectivity index (χ0v) is 17.4. The van der Waals surface area contributed by atoms with Crippen LogP contribution in [-0.2, 0) is 0 Å². The second-order valence-corrected chi connectivity index (χ2v) is 7.20. The van der Waals surface area contributed by atoms with E-state index in [0.717, 1.165) is 38.3 Å². The molecule has 29 heavy (non-hydrogen) atoms. The van der Waals surface area contributed by atoms with Crippen molar-refractivity contribution >= 4 is 12.4 Å². The Kier molecular flexibility index (Phi) is 7.90. The fraction of sp³-hybridized carbons (Fsp3) is 0.231. The molecule has 3 aromatic carbocycles. The maximum absolute atomic E-state index is 3.34. The first-order valence-corrected chi connectivity index (χ1v) is 10.0. The number of halogens is 1. The van der Waals surface area contributed by atoms with Crippen LogP contribution in [0, 0.1) is 11.8 Å². The fourth-order valence-electron chi connectivity index (χ4n) is 3.84. The van der Waals surface area contributed by atoms with E-state index >= 15 is 0 Å². The third kappa shape index (κ3) is 5.71. The summed E-state index contributed by atoms with van der Waals surface area (Å²) in [5.41, 5.74) is 3.83. The second-order valence-electron chi connectivity index (χ2n) is 7.20. The van der Waals surface area contributed by atoms with Crippen LogP contribution in [0.2, 0.25) is 0 Å². The molecule has 0 aliphatic carbocycles. The standard InChI is InChI=1S/C26H26N2.ClH/c1-4-11-23(12-5-1)13-10-18-27-19-21-28(22-20-27)26(24-14-6-2-7-15-24)25-16-8-3-9-17-25;/h1-9,11-12,14-17,26H,18-22H2;1H. The molecule has 3 aromatic rings. The highest BCUT2D eigenvalue weighted by Crippen LogP contribution is 2.29.